The van der Waals surface area contributed by atoms with E-state index in [1.165, 1.54) is 5.39 Å². The van der Waals surface area contributed by atoms with Gasteiger partial charge in [0.1, 0.15) is 5.82 Å². The summed E-state index contributed by atoms with van der Waals surface area (Å²) in [6.07, 6.45) is 2.94. The van der Waals surface area contributed by atoms with Crippen molar-refractivity contribution in [3.05, 3.63) is 64.3 Å². The predicted molar refractivity (Wildman–Crippen MR) is 86.3 cm³/mol. The van der Waals surface area contributed by atoms with Crippen LogP contribution in [0.5, 0.6) is 0 Å². The van der Waals surface area contributed by atoms with E-state index in [0.717, 1.165) is 33.6 Å². The van der Waals surface area contributed by atoms with Gasteiger partial charge in [0.15, 0.2) is 0 Å². The molecule has 4 heteroatoms. The van der Waals surface area contributed by atoms with E-state index < -0.39 is 0 Å². The fourth-order valence-corrected chi connectivity index (χ4v) is 3.12. The van der Waals surface area contributed by atoms with Crippen LogP contribution in [0.15, 0.2) is 47.1 Å². The van der Waals surface area contributed by atoms with Crippen LogP contribution in [-0.4, -0.2) is 15.0 Å². The number of hydrogen-bond donors (Lipinski definition) is 0. The Labute approximate surface area is 131 Å². The maximum absolute atomic E-state index is 4.81. The van der Waals surface area contributed by atoms with Crippen LogP contribution in [0.25, 0.3) is 10.9 Å². The lowest BCUT2D eigenvalue weighted by Crippen LogP contribution is -1.96. The maximum Gasteiger partial charge on any atom is 0.132 e. The van der Waals surface area contributed by atoms with E-state index in [1.807, 2.05) is 25.3 Å². The second-order valence-electron chi connectivity index (χ2n) is 5.58. The van der Waals surface area contributed by atoms with Crippen molar-refractivity contribution in [1.29, 1.82) is 0 Å². The van der Waals surface area contributed by atoms with Crippen LogP contribution in [0.2, 0.25) is 0 Å². The molecule has 0 N–H and O–H groups in total. The molecule has 1 aliphatic carbocycles. The fraction of sp³-hybridized carbons (Fsp3) is 0.235. The summed E-state index contributed by atoms with van der Waals surface area (Å²) in [4.78, 5) is 13.8. The molecular weight excluding hydrogens is 326 g/mol. The molecule has 3 nitrogen and oxygen atoms in total. The highest BCUT2D eigenvalue weighted by atomic mass is 79.9. The van der Waals surface area contributed by atoms with Crippen LogP contribution in [0.1, 0.15) is 35.5 Å². The number of halogens is 1. The van der Waals surface area contributed by atoms with Gasteiger partial charge in [0.2, 0.25) is 0 Å². The van der Waals surface area contributed by atoms with Gasteiger partial charge in [-0.1, -0.05) is 28.1 Å². The standard InChI is InChI=1S/C17H14BrN3/c1-10-6-7-19-17(20-10)14-9-13(14)15-5-3-11-2-4-12(18)8-16(11)21-15/h2-8,13-14H,9H2,1H3/t13-,14-/m0/s1. The van der Waals surface area contributed by atoms with Gasteiger partial charge in [0.05, 0.1) is 5.52 Å². The number of aryl methyl sites for hydroxylation is 1. The molecule has 1 aliphatic rings. The third-order valence-electron chi connectivity index (χ3n) is 3.99. The number of hydrogen-bond acceptors (Lipinski definition) is 3. The number of fused-ring (bicyclic) bond motifs is 1. The monoisotopic (exact) mass is 339 g/mol. The molecule has 0 radical (unpaired) electrons. The van der Waals surface area contributed by atoms with Crippen LogP contribution < -0.4 is 0 Å². The highest BCUT2D eigenvalue weighted by Crippen LogP contribution is 2.53. The molecule has 0 saturated heterocycles. The van der Waals surface area contributed by atoms with E-state index >= 15 is 0 Å². The average Bonchev–Trinajstić information content (AvgIpc) is 3.27. The summed E-state index contributed by atoms with van der Waals surface area (Å²) >= 11 is 3.51. The zero-order chi connectivity index (χ0) is 14.4. The highest BCUT2D eigenvalue weighted by molar-refractivity contribution is 9.10. The van der Waals surface area contributed by atoms with Gasteiger partial charge in [-0.05, 0) is 37.6 Å². The normalized spacial score (nSPS) is 20.7. The highest BCUT2D eigenvalue weighted by Gasteiger charge is 2.42. The van der Waals surface area contributed by atoms with Crippen molar-refractivity contribution < 1.29 is 0 Å². The number of benzene rings is 1. The van der Waals surface area contributed by atoms with Gasteiger partial charge in [0, 0.05) is 39.3 Å². The van der Waals surface area contributed by atoms with Gasteiger partial charge >= 0.3 is 0 Å². The minimum absolute atomic E-state index is 0.419. The molecule has 1 fully saturated rings. The lowest BCUT2D eigenvalue weighted by atomic mass is 10.1. The number of rotatable bonds is 2. The molecule has 104 valence electrons. The van der Waals surface area contributed by atoms with Crippen molar-refractivity contribution in [2.24, 2.45) is 0 Å². The Kier molecular flexibility index (Phi) is 3.00. The molecule has 1 aromatic carbocycles. The smallest absolute Gasteiger partial charge is 0.132 e. The van der Waals surface area contributed by atoms with Crippen molar-refractivity contribution in [3.63, 3.8) is 0 Å². The number of pyridine rings is 1. The summed E-state index contributed by atoms with van der Waals surface area (Å²) < 4.78 is 1.06. The van der Waals surface area contributed by atoms with Crippen LogP contribution in [0.3, 0.4) is 0 Å². The van der Waals surface area contributed by atoms with E-state index in [2.05, 4.69) is 50.2 Å². The van der Waals surface area contributed by atoms with Crippen molar-refractivity contribution in [2.75, 3.05) is 0 Å². The van der Waals surface area contributed by atoms with E-state index in [1.54, 1.807) is 0 Å². The van der Waals surface area contributed by atoms with E-state index in [0.29, 0.717) is 11.8 Å². The van der Waals surface area contributed by atoms with Crippen LogP contribution in [0, 0.1) is 6.92 Å². The van der Waals surface area contributed by atoms with E-state index in [-0.39, 0.29) is 0 Å². The average molecular weight is 340 g/mol. The molecule has 21 heavy (non-hydrogen) atoms. The molecule has 2 heterocycles. The molecule has 0 aliphatic heterocycles. The Morgan fingerprint density at radius 3 is 2.76 bits per heavy atom. The summed E-state index contributed by atoms with van der Waals surface area (Å²) in [5, 5.41) is 1.17. The Bertz CT molecular complexity index is 831. The Morgan fingerprint density at radius 1 is 1.05 bits per heavy atom. The topological polar surface area (TPSA) is 38.7 Å². The fourth-order valence-electron chi connectivity index (χ4n) is 2.77. The summed E-state index contributed by atoms with van der Waals surface area (Å²) in [5.41, 5.74) is 3.22. The van der Waals surface area contributed by atoms with Crippen LogP contribution in [0.4, 0.5) is 0 Å². The van der Waals surface area contributed by atoms with Gasteiger partial charge in [-0.3, -0.25) is 4.98 Å². The third-order valence-corrected chi connectivity index (χ3v) is 4.48. The van der Waals surface area contributed by atoms with Crippen molar-refractivity contribution >= 4 is 26.8 Å². The van der Waals surface area contributed by atoms with Crippen LogP contribution in [-0.2, 0) is 0 Å². The maximum atomic E-state index is 4.81. The first kappa shape index (κ1) is 12.9. The first-order chi connectivity index (χ1) is 10.2. The second kappa shape index (κ2) is 4.88. The molecule has 0 spiro atoms. The van der Waals surface area contributed by atoms with Crippen LogP contribution >= 0.6 is 15.9 Å². The van der Waals surface area contributed by atoms with E-state index in [4.69, 9.17) is 4.98 Å². The molecule has 0 amide bonds. The lowest BCUT2D eigenvalue weighted by Gasteiger charge is -2.03. The Balaban J connectivity index is 1.66. The van der Waals surface area contributed by atoms with Crippen molar-refractivity contribution in [3.8, 4) is 0 Å². The summed E-state index contributed by atoms with van der Waals surface area (Å²) in [6, 6.07) is 12.4. The quantitative estimate of drug-likeness (QED) is 0.695. The number of nitrogens with zero attached hydrogens (tertiary/aromatic N) is 3. The molecule has 1 saturated carbocycles. The Morgan fingerprint density at radius 2 is 1.90 bits per heavy atom. The molecule has 0 bridgehead atoms. The SMILES string of the molecule is Cc1ccnc([C@H]2C[C@@H]2c2ccc3ccc(Br)cc3n2)n1. The number of aromatic nitrogens is 3. The van der Waals surface area contributed by atoms with Gasteiger partial charge in [-0.25, -0.2) is 9.97 Å². The summed E-state index contributed by atoms with van der Waals surface area (Å²) in [6.45, 7) is 2.01. The third kappa shape index (κ3) is 2.44. The molecule has 2 aromatic heterocycles. The molecular formula is C17H14BrN3. The van der Waals surface area contributed by atoms with Crippen molar-refractivity contribution in [2.45, 2.75) is 25.2 Å². The molecule has 3 aromatic rings. The first-order valence-electron chi connectivity index (χ1n) is 7.06. The summed E-state index contributed by atoms with van der Waals surface area (Å²) in [5.74, 6) is 1.83. The van der Waals surface area contributed by atoms with Crippen molar-refractivity contribution in [1.82, 2.24) is 15.0 Å². The zero-order valence-electron chi connectivity index (χ0n) is 11.6. The van der Waals surface area contributed by atoms with Gasteiger partial charge < -0.3 is 0 Å². The summed E-state index contributed by atoms with van der Waals surface area (Å²) in [7, 11) is 0. The lowest BCUT2D eigenvalue weighted by molar-refractivity contribution is 0.867. The molecule has 0 unspecified atom stereocenters. The van der Waals surface area contributed by atoms with Gasteiger partial charge in [-0.15, -0.1) is 0 Å². The molecule has 2 atom stereocenters. The molecule has 4 rings (SSSR count). The second-order valence-corrected chi connectivity index (χ2v) is 6.49. The minimum atomic E-state index is 0.419. The first-order valence-corrected chi connectivity index (χ1v) is 7.86. The zero-order valence-corrected chi connectivity index (χ0v) is 13.2. The van der Waals surface area contributed by atoms with Gasteiger partial charge in [0.25, 0.3) is 0 Å². The van der Waals surface area contributed by atoms with E-state index in [9.17, 15) is 0 Å². The Hall–Kier alpha value is -1.81. The minimum Gasteiger partial charge on any atom is -0.252 e. The predicted octanol–water partition coefficient (Wildman–Crippen LogP) is 4.37. The van der Waals surface area contributed by atoms with Gasteiger partial charge in [-0.2, -0.15) is 0 Å². The largest absolute Gasteiger partial charge is 0.252 e.